The van der Waals surface area contributed by atoms with Crippen LogP contribution in [0.15, 0.2) is 53.4 Å². The lowest BCUT2D eigenvalue weighted by Crippen LogP contribution is -2.43. The van der Waals surface area contributed by atoms with Crippen molar-refractivity contribution in [2.24, 2.45) is 5.92 Å². The molecule has 8 heteroatoms. The minimum Gasteiger partial charge on any atom is -0.497 e. The number of piperidine rings is 1. The molecule has 3 rings (SSSR count). The molecular weight excluding hydrogens is 383 g/mol. The highest BCUT2D eigenvalue weighted by atomic mass is 32.2. The number of hydrogen-bond donors (Lipinski definition) is 1. The maximum absolute atomic E-state index is 13.9. The van der Waals surface area contributed by atoms with Gasteiger partial charge in [-0.3, -0.25) is 4.79 Å². The number of ether oxygens (including phenoxy) is 1. The molecule has 6 nitrogen and oxygen atoms in total. The van der Waals surface area contributed by atoms with E-state index in [0.29, 0.717) is 19.4 Å². The zero-order valence-corrected chi connectivity index (χ0v) is 16.4. The summed E-state index contributed by atoms with van der Waals surface area (Å²) in [5.41, 5.74) is 0.923. The van der Waals surface area contributed by atoms with E-state index < -0.39 is 15.8 Å². The predicted octanol–water partition coefficient (Wildman–Crippen LogP) is 2.55. The molecule has 1 saturated heterocycles. The normalized spacial score (nSPS) is 15.9. The number of carbonyl (C=O) groups is 1. The molecule has 1 fully saturated rings. The van der Waals surface area contributed by atoms with Crippen LogP contribution in [-0.4, -0.2) is 38.8 Å². The quantitative estimate of drug-likeness (QED) is 0.800. The van der Waals surface area contributed by atoms with Gasteiger partial charge in [-0.1, -0.05) is 24.3 Å². The van der Waals surface area contributed by atoms with Crippen molar-refractivity contribution in [3.8, 4) is 5.75 Å². The van der Waals surface area contributed by atoms with Crippen molar-refractivity contribution in [1.82, 2.24) is 9.62 Å². The summed E-state index contributed by atoms with van der Waals surface area (Å²) in [6.07, 6.45) is 0.801. The van der Waals surface area contributed by atoms with Gasteiger partial charge in [0.25, 0.3) is 0 Å². The Morgan fingerprint density at radius 3 is 2.57 bits per heavy atom. The van der Waals surface area contributed by atoms with Crippen LogP contribution in [0.5, 0.6) is 5.75 Å². The van der Waals surface area contributed by atoms with Crippen LogP contribution in [0.2, 0.25) is 0 Å². The zero-order valence-electron chi connectivity index (χ0n) is 15.6. The molecule has 2 aromatic carbocycles. The topological polar surface area (TPSA) is 75.7 Å². The molecule has 1 N–H and O–H groups in total. The van der Waals surface area contributed by atoms with Crippen LogP contribution in [0.1, 0.15) is 18.4 Å². The number of sulfonamides is 1. The van der Waals surface area contributed by atoms with Gasteiger partial charge in [0.15, 0.2) is 0 Å². The lowest BCUT2D eigenvalue weighted by Gasteiger charge is -2.30. The number of hydrogen-bond acceptors (Lipinski definition) is 4. The first-order valence-corrected chi connectivity index (χ1v) is 10.5. The molecular formula is C20H23FN2O4S. The van der Waals surface area contributed by atoms with Gasteiger partial charge in [0.05, 0.1) is 7.11 Å². The largest absolute Gasteiger partial charge is 0.497 e. The van der Waals surface area contributed by atoms with Gasteiger partial charge in [-0.2, -0.15) is 4.31 Å². The Bertz CT molecular complexity index is 941. The van der Waals surface area contributed by atoms with E-state index in [4.69, 9.17) is 4.74 Å². The van der Waals surface area contributed by atoms with Gasteiger partial charge in [0.2, 0.25) is 15.9 Å². The summed E-state index contributed by atoms with van der Waals surface area (Å²) >= 11 is 0. The molecule has 1 aliphatic heterocycles. The summed E-state index contributed by atoms with van der Waals surface area (Å²) in [6.45, 7) is 0.756. The highest BCUT2D eigenvalue weighted by molar-refractivity contribution is 7.89. The Morgan fingerprint density at radius 1 is 1.18 bits per heavy atom. The number of nitrogens with zero attached hydrogens (tertiary/aromatic N) is 1. The molecule has 1 aliphatic rings. The van der Waals surface area contributed by atoms with Crippen molar-refractivity contribution in [2.45, 2.75) is 24.3 Å². The number of carbonyl (C=O) groups excluding carboxylic acids is 1. The second-order valence-electron chi connectivity index (χ2n) is 6.68. The van der Waals surface area contributed by atoms with E-state index in [1.807, 2.05) is 24.3 Å². The molecule has 0 aromatic heterocycles. The maximum atomic E-state index is 13.9. The second kappa shape index (κ2) is 8.70. The first-order chi connectivity index (χ1) is 13.4. The zero-order chi connectivity index (χ0) is 20.1. The van der Waals surface area contributed by atoms with Crippen LogP contribution in [0.4, 0.5) is 4.39 Å². The molecule has 0 spiro atoms. The van der Waals surface area contributed by atoms with Crippen molar-refractivity contribution in [3.05, 3.63) is 59.9 Å². The minimum atomic E-state index is -3.89. The van der Waals surface area contributed by atoms with E-state index in [2.05, 4.69) is 5.32 Å². The average molecular weight is 406 g/mol. The molecule has 0 aliphatic carbocycles. The number of halogens is 1. The fourth-order valence-electron chi connectivity index (χ4n) is 3.27. The fraction of sp³-hybridized carbons (Fsp3) is 0.350. The van der Waals surface area contributed by atoms with Gasteiger partial charge in [-0.15, -0.1) is 0 Å². The Balaban J connectivity index is 1.56. The first-order valence-electron chi connectivity index (χ1n) is 9.07. The summed E-state index contributed by atoms with van der Waals surface area (Å²) in [4.78, 5) is 12.1. The molecule has 28 heavy (non-hydrogen) atoms. The van der Waals surface area contributed by atoms with Crippen molar-refractivity contribution < 1.29 is 22.3 Å². The smallest absolute Gasteiger partial charge is 0.245 e. The van der Waals surface area contributed by atoms with Crippen LogP contribution >= 0.6 is 0 Å². The number of amides is 1. The van der Waals surface area contributed by atoms with Gasteiger partial charge >= 0.3 is 0 Å². The molecule has 0 radical (unpaired) electrons. The lowest BCUT2D eigenvalue weighted by molar-refractivity contribution is -0.126. The molecule has 0 atom stereocenters. The third-order valence-electron chi connectivity index (χ3n) is 4.88. The first kappa shape index (κ1) is 20.3. The summed E-state index contributed by atoms with van der Waals surface area (Å²) in [6, 6.07) is 12.8. The van der Waals surface area contributed by atoms with Gasteiger partial charge < -0.3 is 10.1 Å². The maximum Gasteiger partial charge on any atom is 0.245 e. The highest BCUT2D eigenvalue weighted by Crippen LogP contribution is 2.25. The molecule has 2 aromatic rings. The number of benzene rings is 2. The fourth-order valence-corrected chi connectivity index (χ4v) is 4.80. The van der Waals surface area contributed by atoms with Gasteiger partial charge in [-0.05, 0) is 42.7 Å². The van der Waals surface area contributed by atoms with Crippen LogP contribution in [0, 0.1) is 11.7 Å². The lowest BCUT2D eigenvalue weighted by atomic mass is 9.97. The van der Waals surface area contributed by atoms with Crippen molar-refractivity contribution in [1.29, 1.82) is 0 Å². The number of nitrogens with one attached hydrogen (secondary N) is 1. The van der Waals surface area contributed by atoms with Gasteiger partial charge in [-0.25, -0.2) is 12.8 Å². The van der Waals surface area contributed by atoms with E-state index in [-0.39, 0.29) is 29.8 Å². The van der Waals surface area contributed by atoms with E-state index in [1.54, 1.807) is 7.11 Å². The van der Waals surface area contributed by atoms with Crippen molar-refractivity contribution >= 4 is 15.9 Å². The SMILES string of the molecule is COc1cccc(CNC(=O)C2CCN(S(=O)(=O)c3ccccc3F)CC2)c1. The average Bonchev–Trinajstić information content (AvgIpc) is 2.72. The van der Waals surface area contributed by atoms with E-state index in [0.717, 1.165) is 17.4 Å². The van der Waals surface area contributed by atoms with Gasteiger partial charge in [0, 0.05) is 25.6 Å². The van der Waals surface area contributed by atoms with Crippen LogP contribution < -0.4 is 10.1 Å². The Labute approximate surface area is 164 Å². The molecule has 0 unspecified atom stereocenters. The summed E-state index contributed by atoms with van der Waals surface area (Å²) < 4.78 is 45.6. The van der Waals surface area contributed by atoms with Crippen LogP contribution in [-0.2, 0) is 21.4 Å². The van der Waals surface area contributed by atoms with Crippen molar-refractivity contribution in [2.75, 3.05) is 20.2 Å². The summed E-state index contributed by atoms with van der Waals surface area (Å²) in [5, 5.41) is 2.89. The minimum absolute atomic E-state index is 0.106. The molecule has 1 heterocycles. The predicted molar refractivity (Wildman–Crippen MR) is 103 cm³/mol. The third-order valence-corrected chi connectivity index (χ3v) is 6.81. The third kappa shape index (κ3) is 4.51. The van der Waals surface area contributed by atoms with Gasteiger partial charge in [0.1, 0.15) is 16.5 Å². The molecule has 150 valence electrons. The van der Waals surface area contributed by atoms with Crippen LogP contribution in [0.25, 0.3) is 0 Å². The number of methoxy groups -OCH3 is 1. The summed E-state index contributed by atoms with van der Waals surface area (Å²) in [7, 11) is -2.31. The Kier molecular flexibility index (Phi) is 6.31. The number of rotatable bonds is 6. The monoisotopic (exact) mass is 406 g/mol. The summed E-state index contributed by atoms with van der Waals surface area (Å²) in [5.74, 6) is -0.414. The Hall–Kier alpha value is -2.45. The Morgan fingerprint density at radius 2 is 1.89 bits per heavy atom. The standard InChI is InChI=1S/C20H23FN2O4S/c1-27-17-6-4-5-15(13-17)14-22-20(24)16-9-11-23(12-10-16)28(25,26)19-8-3-2-7-18(19)21/h2-8,13,16H,9-12,14H2,1H3,(H,22,24). The molecule has 0 bridgehead atoms. The van der Waals surface area contributed by atoms with Crippen LogP contribution in [0.3, 0.4) is 0 Å². The second-order valence-corrected chi connectivity index (χ2v) is 8.58. The van der Waals surface area contributed by atoms with E-state index in [1.165, 1.54) is 22.5 Å². The van der Waals surface area contributed by atoms with Crippen molar-refractivity contribution in [3.63, 3.8) is 0 Å². The van der Waals surface area contributed by atoms with E-state index in [9.17, 15) is 17.6 Å². The van der Waals surface area contributed by atoms with E-state index >= 15 is 0 Å². The molecule has 0 saturated carbocycles. The highest BCUT2D eigenvalue weighted by Gasteiger charge is 2.33. The molecule has 1 amide bonds.